The Morgan fingerprint density at radius 2 is 1.62 bits per heavy atom. The lowest BCUT2D eigenvalue weighted by Crippen LogP contribution is -2.36. The molecule has 0 spiro atoms. The van der Waals surface area contributed by atoms with Gasteiger partial charge >= 0.3 is 11.9 Å². The minimum atomic E-state index is -1.08. The molecule has 0 saturated carbocycles. The maximum absolute atomic E-state index is 10.9. The first kappa shape index (κ1) is 16.8. The van der Waals surface area contributed by atoms with Crippen LogP contribution in [-0.2, 0) is 9.59 Å². The second-order valence-electron chi connectivity index (χ2n) is 4.48. The Balaban J connectivity index is 3.04. The molecule has 2 N–H and O–H groups in total. The van der Waals surface area contributed by atoms with Crippen LogP contribution in [0.25, 0.3) is 0 Å². The number of carboxylic acid groups (broad SMARTS) is 2. The van der Waals surface area contributed by atoms with Crippen molar-refractivity contribution >= 4 is 11.9 Å². The van der Waals surface area contributed by atoms with Gasteiger partial charge in [-0.1, -0.05) is 6.07 Å². The average Bonchev–Trinajstić information content (AvgIpc) is 2.44. The molecule has 1 atom stereocenters. The van der Waals surface area contributed by atoms with Gasteiger partial charge in [-0.15, -0.1) is 0 Å². The first-order valence-electron chi connectivity index (χ1n) is 6.28. The Morgan fingerprint density at radius 1 is 1.10 bits per heavy atom. The molecule has 0 amide bonds. The number of benzene rings is 1. The topological polar surface area (TPSA) is 96.3 Å². The van der Waals surface area contributed by atoms with Gasteiger partial charge in [0, 0.05) is 6.04 Å². The summed E-state index contributed by atoms with van der Waals surface area (Å²) < 4.78 is 10.3. The first-order chi connectivity index (χ1) is 9.88. The van der Waals surface area contributed by atoms with Crippen molar-refractivity contribution in [2.45, 2.75) is 13.0 Å². The first-order valence-corrected chi connectivity index (χ1v) is 6.28. The molecular formula is C14H19NO6. The molecule has 0 heterocycles. The van der Waals surface area contributed by atoms with Crippen LogP contribution >= 0.6 is 0 Å². The van der Waals surface area contributed by atoms with E-state index in [4.69, 9.17) is 19.7 Å². The van der Waals surface area contributed by atoms with Gasteiger partial charge in [-0.2, -0.15) is 0 Å². The predicted octanol–water partition coefficient (Wildman–Crippen LogP) is 1.24. The molecule has 21 heavy (non-hydrogen) atoms. The molecule has 1 rings (SSSR count). The second-order valence-corrected chi connectivity index (χ2v) is 4.48. The fraction of sp³-hybridized carbons (Fsp3) is 0.429. The molecule has 1 unspecified atom stereocenters. The summed E-state index contributed by atoms with van der Waals surface area (Å²) in [6, 6.07) is 4.77. The molecule has 0 fully saturated rings. The lowest BCUT2D eigenvalue weighted by atomic mass is 10.1. The van der Waals surface area contributed by atoms with Gasteiger partial charge in [-0.25, -0.2) is 0 Å². The van der Waals surface area contributed by atoms with Gasteiger partial charge in [0.2, 0.25) is 0 Å². The monoisotopic (exact) mass is 297 g/mol. The highest BCUT2D eigenvalue weighted by Crippen LogP contribution is 2.31. The summed E-state index contributed by atoms with van der Waals surface area (Å²) in [6.07, 6.45) is 0. The van der Waals surface area contributed by atoms with E-state index >= 15 is 0 Å². The number of ether oxygens (including phenoxy) is 2. The van der Waals surface area contributed by atoms with Crippen LogP contribution in [0.15, 0.2) is 18.2 Å². The van der Waals surface area contributed by atoms with Crippen LogP contribution in [0.3, 0.4) is 0 Å². The smallest absolute Gasteiger partial charge is 0.317 e. The highest BCUT2D eigenvalue weighted by atomic mass is 16.5. The lowest BCUT2D eigenvalue weighted by molar-refractivity contribution is -0.142. The van der Waals surface area contributed by atoms with E-state index in [2.05, 4.69) is 0 Å². The van der Waals surface area contributed by atoms with Crippen molar-refractivity contribution in [3.05, 3.63) is 23.8 Å². The zero-order valence-electron chi connectivity index (χ0n) is 12.2. The standard InChI is InChI=1S/C14H19NO6/c1-9(15(7-13(16)17)8-14(18)19)10-4-5-11(20-2)12(6-10)21-3/h4-6,9H,7-8H2,1-3H3,(H,16,17)(H,18,19). The molecule has 0 aromatic heterocycles. The molecule has 0 saturated heterocycles. The van der Waals surface area contributed by atoms with Gasteiger partial charge in [-0.05, 0) is 24.6 Å². The Hall–Kier alpha value is -2.28. The van der Waals surface area contributed by atoms with Crippen molar-refractivity contribution in [2.75, 3.05) is 27.3 Å². The number of hydrogen-bond acceptors (Lipinski definition) is 5. The summed E-state index contributed by atoms with van der Waals surface area (Å²) in [7, 11) is 3.01. The third-order valence-electron chi connectivity index (χ3n) is 3.11. The molecule has 1 aromatic carbocycles. The number of carboxylic acids is 2. The minimum absolute atomic E-state index is 0.359. The number of rotatable bonds is 8. The summed E-state index contributed by atoms with van der Waals surface area (Å²) in [5, 5.41) is 17.8. The molecule has 0 bridgehead atoms. The molecular weight excluding hydrogens is 278 g/mol. The van der Waals surface area contributed by atoms with Crippen molar-refractivity contribution in [2.24, 2.45) is 0 Å². The lowest BCUT2D eigenvalue weighted by Gasteiger charge is -2.26. The van der Waals surface area contributed by atoms with Crippen molar-refractivity contribution in [3.8, 4) is 11.5 Å². The Labute approximate surface area is 122 Å². The van der Waals surface area contributed by atoms with Crippen molar-refractivity contribution in [3.63, 3.8) is 0 Å². The summed E-state index contributed by atoms with van der Waals surface area (Å²) >= 11 is 0. The van der Waals surface area contributed by atoms with Crippen LogP contribution in [0.1, 0.15) is 18.5 Å². The van der Waals surface area contributed by atoms with Crippen LogP contribution in [0.5, 0.6) is 11.5 Å². The third kappa shape index (κ3) is 4.64. The Morgan fingerprint density at radius 3 is 2.05 bits per heavy atom. The molecule has 0 aliphatic rings. The summed E-state index contributed by atoms with van der Waals surface area (Å²) in [4.78, 5) is 23.1. The Kier molecular flexibility index (Phi) is 5.98. The van der Waals surface area contributed by atoms with E-state index in [9.17, 15) is 9.59 Å². The minimum Gasteiger partial charge on any atom is -0.493 e. The van der Waals surface area contributed by atoms with E-state index in [1.54, 1.807) is 25.1 Å². The van der Waals surface area contributed by atoms with Crippen molar-refractivity contribution in [1.82, 2.24) is 4.90 Å². The zero-order valence-corrected chi connectivity index (χ0v) is 12.2. The highest BCUT2D eigenvalue weighted by molar-refractivity contribution is 5.72. The number of nitrogens with zero attached hydrogens (tertiary/aromatic N) is 1. The Bertz CT molecular complexity index is 500. The maximum Gasteiger partial charge on any atom is 0.317 e. The van der Waals surface area contributed by atoms with Gasteiger partial charge in [-0.3, -0.25) is 14.5 Å². The third-order valence-corrected chi connectivity index (χ3v) is 3.11. The van der Waals surface area contributed by atoms with Gasteiger partial charge in [0.05, 0.1) is 27.3 Å². The average molecular weight is 297 g/mol. The zero-order chi connectivity index (χ0) is 16.0. The van der Waals surface area contributed by atoms with Gasteiger partial charge in [0.25, 0.3) is 0 Å². The van der Waals surface area contributed by atoms with E-state index in [1.165, 1.54) is 19.1 Å². The van der Waals surface area contributed by atoms with Crippen LogP contribution in [0.2, 0.25) is 0 Å². The molecule has 0 aliphatic heterocycles. The normalized spacial score (nSPS) is 12.0. The molecule has 116 valence electrons. The van der Waals surface area contributed by atoms with E-state index < -0.39 is 18.0 Å². The summed E-state index contributed by atoms with van der Waals surface area (Å²) in [6.45, 7) is 1.02. The molecule has 7 nitrogen and oxygen atoms in total. The van der Waals surface area contributed by atoms with Crippen LogP contribution in [0.4, 0.5) is 0 Å². The SMILES string of the molecule is COc1ccc(C(C)N(CC(=O)O)CC(=O)O)cc1OC. The number of methoxy groups -OCH3 is 2. The number of aliphatic carboxylic acids is 2. The van der Waals surface area contributed by atoms with Crippen molar-refractivity contribution in [1.29, 1.82) is 0 Å². The van der Waals surface area contributed by atoms with E-state index in [0.29, 0.717) is 11.5 Å². The predicted molar refractivity (Wildman–Crippen MR) is 74.8 cm³/mol. The van der Waals surface area contributed by atoms with Gasteiger partial charge in [0.1, 0.15) is 0 Å². The van der Waals surface area contributed by atoms with E-state index in [0.717, 1.165) is 5.56 Å². The number of carbonyl (C=O) groups is 2. The molecule has 0 aliphatic carbocycles. The van der Waals surface area contributed by atoms with Crippen LogP contribution in [0, 0.1) is 0 Å². The molecule has 7 heteroatoms. The second kappa shape index (κ2) is 7.49. The van der Waals surface area contributed by atoms with Gasteiger partial charge < -0.3 is 19.7 Å². The van der Waals surface area contributed by atoms with E-state index in [1.807, 2.05) is 0 Å². The van der Waals surface area contributed by atoms with Crippen LogP contribution in [-0.4, -0.2) is 54.4 Å². The van der Waals surface area contributed by atoms with E-state index in [-0.39, 0.29) is 13.1 Å². The fourth-order valence-electron chi connectivity index (χ4n) is 2.00. The summed E-state index contributed by atoms with van der Waals surface area (Å²) in [5.74, 6) is -1.10. The molecule has 0 radical (unpaired) electrons. The highest BCUT2D eigenvalue weighted by Gasteiger charge is 2.22. The maximum atomic E-state index is 10.9. The largest absolute Gasteiger partial charge is 0.493 e. The van der Waals surface area contributed by atoms with Crippen LogP contribution < -0.4 is 9.47 Å². The number of hydrogen-bond donors (Lipinski definition) is 2. The van der Waals surface area contributed by atoms with Gasteiger partial charge in [0.15, 0.2) is 11.5 Å². The van der Waals surface area contributed by atoms with Crippen molar-refractivity contribution < 1.29 is 29.3 Å². The fourth-order valence-corrected chi connectivity index (χ4v) is 2.00. The summed E-state index contributed by atoms with van der Waals surface area (Å²) in [5.41, 5.74) is 0.746. The molecule has 1 aromatic rings. The quantitative estimate of drug-likeness (QED) is 0.745.